The normalized spacial score (nSPS) is 12.6. The van der Waals surface area contributed by atoms with Gasteiger partial charge in [-0.1, -0.05) is 42.5 Å². The molecule has 18 heavy (non-hydrogen) atoms. The summed E-state index contributed by atoms with van der Waals surface area (Å²) in [6, 6.07) is 8.73. The largest absolute Gasteiger partial charge is 0.308 e. The van der Waals surface area contributed by atoms with Gasteiger partial charge in [0.2, 0.25) is 0 Å². The van der Waals surface area contributed by atoms with Crippen LogP contribution in [0.4, 0.5) is 0 Å². The Bertz CT molecular complexity index is 507. The minimum absolute atomic E-state index is 0.290. The number of nitrogens with one attached hydrogen (secondary N) is 1. The zero-order valence-corrected chi connectivity index (χ0v) is 11.9. The van der Waals surface area contributed by atoms with Crippen molar-refractivity contribution in [3.8, 4) is 0 Å². The fourth-order valence-electron chi connectivity index (χ4n) is 1.88. The van der Waals surface area contributed by atoms with Gasteiger partial charge < -0.3 is 5.32 Å². The number of aromatic nitrogens is 2. The molecule has 4 heteroatoms. The lowest BCUT2D eigenvalue weighted by Gasteiger charge is -2.06. The predicted octanol–water partition coefficient (Wildman–Crippen LogP) is 3.11. The maximum Gasteiger partial charge on any atom is 0.134 e. The SMILES string of the molecule is CCNC(C)c1nnc(Cc2ccccc2C)s1. The van der Waals surface area contributed by atoms with Gasteiger partial charge in [-0.3, -0.25) is 0 Å². The van der Waals surface area contributed by atoms with Crippen LogP contribution in [-0.4, -0.2) is 16.7 Å². The van der Waals surface area contributed by atoms with Crippen molar-refractivity contribution < 1.29 is 0 Å². The average molecular weight is 261 g/mol. The van der Waals surface area contributed by atoms with Gasteiger partial charge in [0, 0.05) is 6.42 Å². The average Bonchev–Trinajstić information content (AvgIpc) is 2.81. The van der Waals surface area contributed by atoms with Crippen molar-refractivity contribution >= 4 is 11.3 Å². The Kier molecular flexibility index (Phi) is 4.44. The number of hydrogen-bond donors (Lipinski definition) is 1. The summed E-state index contributed by atoms with van der Waals surface area (Å²) >= 11 is 1.70. The molecule has 96 valence electrons. The van der Waals surface area contributed by atoms with Crippen LogP contribution in [0.25, 0.3) is 0 Å². The second kappa shape index (κ2) is 6.07. The summed E-state index contributed by atoms with van der Waals surface area (Å²) in [6.07, 6.45) is 0.878. The van der Waals surface area contributed by atoms with Crippen LogP contribution in [-0.2, 0) is 6.42 Å². The van der Waals surface area contributed by atoms with Crippen molar-refractivity contribution in [1.82, 2.24) is 15.5 Å². The van der Waals surface area contributed by atoms with Gasteiger partial charge >= 0.3 is 0 Å². The van der Waals surface area contributed by atoms with Crippen LogP contribution >= 0.6 is 11.3 Å². The summed E-state index contributed by atoms with van der Waals surface area (Å²) in [5.41, 5.74) is 2.64. The number of hydrogen-bond acceptors (Lipinski definition) is 4. The minimum Gasteiger partial charge on any atom is -0.308 e. The highest BCUT2D eigenvalue weighted by molar-refractivity contribution is 7.11. The van der Waals surface area contributed by atoms with Gasteiger partial charge in [-0.2, -0.15) is 0 Å². The summed E-state index contributed by atoms with van der Waals surface area (Å²) < 4.78 is 0. The molecule has 1 N–H and O–H groups in total. The first-order valence-electron chi connectivity index (χ1n) is 6.31. The summed E-state index contributed by atoms with van der Waals surface area (Å²) in [4.78, 5) is 0. The van der Waals surface area contributed by atoms with Gasteiger partial charge in [0.25, 0.3) is 0 Å². The molecule has 1 heterocycles. The summed E-state index contributed by atoms with van der Waals surface area (Å²) in [5.74, 6) is 0. The predicted molar refractivity (Wildman–Crippen MR) is 76.0 cm³/mol. The van der Waals surface area contributed by atoms with E-state index in [4.69, 9.17) is 0 Å². The molecular formula is C14H19N3S. The van der Waals surface area contributed by atoms with E-state index in [2.05, 4.69) is 60.6 Å². The lowest BCUT2D eigenvalue weighted by atomic mass is 10.1. The van der Waals surface area contributed by atoms with Gasteiger partial charge in [0.1, 0.15) is 10.0 Å². The first kappa shape index (κ1) is 13.2. The van der Waals surface area contributed by atoms with E-state index in [9.17, 15) is 0 Å². The standard InChI is InChI=1S/C14H19N3S/c1-4-15-11(3)14-17-16-13(18-14)9-12-8-6-5-7-10(12)2/h5-8,11,15H,4,9H2,1-3H3. The van der Waals surface area contributed by atoms with Crippen molar-refractivity contribution in [2.45, 2.75) is 33.2 Å². The van der Waals surface area contributed by atoms with Crippen LogP contribution in [0.2, 0.25) is 0 Å². The van der Waals surface area contributed by atoms with Gasteiger partial charge in [0.15, 0.2) is 0 Å². The maximum absolute atomic E-state index is 4.28. The van der Waals surface area contributed by atoms with E-state index in [1.165, 1.54) is 11.1 Å². The van der Waals surface area contributed by atoms with E-state index in [-0.39, 0.29) is 6.04 Å². The third-order valence-corrected chi connectivity index (χ3v) is 4.07. The monoisotopic (exact) mass is 261 g/mol. The zero-order chi connectivity index (χ0) is 13.0. The fraction of sp³-hybridized carbons (Fsp3) is 0.429. The second-order valence-electron chi connectivity index (χ2n) is 4.42. The smallest absolute Gasteiger partial charge is 0.134 e. The minimum atomic E-state index is 0.290. The Morgan fingerprint density at radius 1 is 1.28 bits per heavy atom. The Morgan fingerprint density at radius 2 is 2.06 bits per heavy atom. The number of rotatable bonds is 5. The van der Waals surface area contributed by atoms with Crippen molar-refractivity contribution in [1.29, 1.82) is 0 Å². The molecule has 0 spiro atoms. The molecule has 1 aromatic heterocycles. The first-order chi connectivity index (χ1) is 8.70. The van der Waals surface area contributed by atoms with Crippen LogP contribution in [0.1, 0.15) is 41.0 Å². The molecule has 0 fully saturated rings. The Labute approximate surface area is 112 Å². The number of benzene rings is 1. The highest BCUT2D eigenvalue weighted by atomic mass is 32.1. The van der Waals surface area contributed by atoms with Crippen molar-refractivity contribution in [3.63, 3.8) is 0 Å². The highest BCUT2D eigenvalue weighted by Gasteiger charge is 2.11. The van der Waals surface area contributed by atoms with E-state index < -0.39 is 0 Å². The van der Waals surface area contributed by atoms with Crippen LogP contribution in [0.15, 0.2) is 24.3 Å². The molecule has 0 aliphatic carbocycles. The lowest BCUT2D eigenvalue weighted by molar-refractivity contribution is 0.589. The second-order valence-corrected chi connectivity index (χ2v) is 5.51. The summed E-state index contributed by atoms with van der Waals surface area (Å²) in [6.45, 7) is 7.32. The number of aryl methyl sites for hydroxylation is 1. The van der Waals surface area contributed by atoms with Crippen LogP contribution in [0.5, 0.6) is 0 Å². The van der Waals surface area contributed by atoms with Crippen molar-refractivity contribution in [2.75, 3.05) is 6.54 Å². The van der Waals surface area contributed by atoms with E-state index in [0.717, 1.165) is 23.0 Å². The molecule has 3 nitrogen and oxygen atoms in total. The van der Waals surface area contributed by atoms with Gasteiger partial charge in [-0.15, -0.1) is 10.2 Å². The zero-order valence-electron chi connectivity index (χ0n) is 11.1. The molecule has 0 aliphatic heterocycles. The molecular weight excluding hydrogens is 242 g/mol. The van der Waals surface area contributed by atoms with Gasteiger partial charge in [-0.05, 0) is 31.5 Å². The molecule has 0 amide bonds. The van der Waals surface area contributed by atoms with Crippen LogP contribution in [0, 0.1) is 6.92 Å². The lowest BCUT2D eigenvalue weighted by Crippen LogP contribution is -2.17. The molecule has 0 aliphatic rings. The fourth-order valence-corrected chi connectivity index (χ4v) is 2.77. The third-order valence-electron chi connectivity index (χ3n) is 2.97. The van der Waals surface area contributed by atoms with Gasteiger partial charge in [0.05, 0.1) is 6.04 Å². The molecule has 0 radical (unpaired) electrons. The van der Waals surface area contributed by atoms with E-state index in [1.807, 2.05) is 0 Å². The summed E-state index contributed by atoms with van der Waals surface area (Å²) in [7, 11) is 0. The molecule has 1 aromatic carbocycles. The number of nitrogens with zero attached hydrogens (tertiary/aromatic N) is 2. The molecule has 1 atom stereocenters. The van der Waals surface area contributed by atoms with Crippen molar-refractivity contribution in [3.05, 3.63) is 45.4 Å². The summed E-state index contributed by atoms with van der Waals surface area (Å²) in [5, 5.41) is 14.1. The highest BCUT2D eigenvalue weighted by Crippen LogP contribution is 2.21. The maximum atomic E-state index is 4.28. The van der Waals surface area contributed by atoms with Gasteiger partial charge in [-0.25, -0.2) is 0 Å². The quantitative estimate of drug-likeness (QED) is 0.898. The topological polar surface area (TPSA) is 37.8 Å². The third kappa shape index (κ3) is 3.15. The molecule has 2 rings (SSSR count). The molecule has 0 saturated carbocycles. The van der Waals surface area contributed by atoms with E-state index in [0.29, 0.717) is 0 Å². The Balaban J connectivity index is 2.09. The van der Waals surface area contributed by atoms with Crippen LogP contribution < -0.4 is 5.32 Å². The molecule has 1 unspecified atom stereocenters. The molecule has 2 aromatic rings. The Hall–Kier alpha value is -1.26. The Morgan fingerprint density at radius 3 is 2.78 bits per heavy atom. The molecule has 0 bridgehead atoms. The van der Waals surface area contributed by atoms with Crippen molar-refractivity contribution in [2.24, 2.45) is 0 Å². The molecule has 0 saturated heterocycles. The van der Waals surface area contributed by atoms with E-state index >= 15 is 0 Å². The van der Waals surface area contributed by atoms with Crippen LogP contribution in [0.3, 0.4) is 0 Å². The first-order valence-corrected chi connectivity index (χ1v) is 7.12. The van der Waals surface area contributed by atoms with E-state index in [1.54, 1.807) is 11.3 Å².